The van der Waals surface area contributed by atoms with Crippen LogP contribution in [0.3, 0.4) is 0 Å². The molecular weight excluding hydrogens is 747 g/mol. The fourth-order valence-electron chi connectivity index (χ4n) is 4.12. The third-order valence-corrected chi connectivity index (χ3v) is 11.5. The number of rotatable bonds is 25. The van der Waals surface area contributed by atoms with Crippen LogP contribution in [0.1, 0.15) is 24.4 Å². The van der Waals surface area contributed by atoms with E-state index >= 15 is 0 Å². The third-order valence-electron chi connectivity index (χ3n) is 6.48. The second-order valence-corrected chi connectivity index (χ2v) is 16.0. The SMILES string of the molecule is NC(CCC(=O)NC(CS(=O)(=O)CCOP(=O)(N(CCCl)CCCl)N(CCCl)CCCl)C(=O)NC(C(=O)O)c1ccccc1)C(=O)O. The molecule has 1 rings (SSSR count). The minimum absolute atomic E-state index is 0.0479. The number of nitrogens with two attached hydrogens (primary N) is 1. The van der Waals surface area contributed by atoms with Crippen molar-refractivity contribution in [2.75, 3.05) is 67.8 Å². The van der Waals surface area contributed by atoms with Crippen LogP contribution in [0.5, 0.6) is 0 Å². The van der Waals surface area contributed by atoms with Crippen LogP contribution < -0.4 is 16.4 Å². The van der Waals surface area contributed by atoms with Gasteiger partial charge < -0.3 is 31.1 Å². The number of benzene rings is 1. The molecule has 3 unspecified atom stereocenters. The van der Waals surface area contributed by atoms with E-state index in [4.69, 9.17) is 61.8 Å². The van der Waals surface area contributed by atoms with Gasteiger partial charge in [0.25, 0.3) is 0 Å². The molecule has 1 aromatic rings. The summed E-state index contributed by atoms with van der Waals surface area (Å²) in [6, 6.07) is 2.77. The quantitative estimate of drug-likeness (QED) is 0.0704. The molecule has 0 aliphatic heterocycles. The van der Waals surface area contributed by atoms with Gasteiger partial charge in [0.2, 0.25) is 11.8 Å². The summed E-state index contributed by atoms with van der Waals surface area (Å²) in [7, 11) is -8.26. The molecule has 0 aliphatic rings. The van der Waals surface area contributed by atoms with Crippen LogP contribution >= 0.6 is 54.1 Å². The average Bonchev–Trinajstić information content (AvgIpc) is 3.01. The lowest BCUT2D eigenvalue weighted by Gasteiger charge is -2.37. The number of nitrogens with zero attached hydrogens (tertiary/aromatic N) is 2. The Morgan fingerprint density at radius 1 is 0.872 bits per heavy atom. The van der Waals surface area contributed by atoms with E-state index in [1.54, 1.807) is 6.07 Å². The van der Waals surface area contributed by atoms with E-state index in [0.717, 1.165) is 0 Å². The number of nitrogens with one attached hydrogen (secondary N) is 2. The van der Waals surface area contributed by atoms with Gasteiger partial charge in [0, 0.05) is 56.1 Å². The standard InChI is InChI=1S/C26H40Cl4N5O10PS/c27-8-12-34(13-9-28)46(42,35(14-10-29)15-11-30)45-16-17-47(43,44)18-21(32-22(36)7-6-20(31)25(38)39)24(37)33-23(26(40)41)19-4-2-1-3-5-19/h1-5,20-21,23H,6-18,31H2,(H,32,36)(H,33,37)(H,38,39)(H,40,41). The van der Waals surface area contributed by atoms with E-state index < -0.39 is 83.9 Å². The summed E-state index contributed by atoms with van der Waals surface area (Å²) >= 11 is 23.6. The number of carboxylic acid groups (broad SMARTS) is 2. The molecule has 0 radical (unpaired) electrons. The molecule has 6 N–H and O–H groups in total. The largest absolute Gasteiger partial charge is 0.480 e. The topological polar surface area (TPSA) is 226 Å². The number of halogens is 4. The third kappa shape index (κ3) is 15.2. The predicted octanol–water partition coefficient (Wildman–Crippen LogP) is 1.70. The fourth-order valence-corrected chi connectivity index (χ4v) is 9.20. The summed E-state index contributed by atoms with van der Waals surface area (Å²) in [4.78, 5) is 48.9. The summed E-state index contributed by atoms with van der Waals surface area (Å²) in [5.74, 6) is -6.46. The first-order chi connectivity index (χ1) is 22.1. The normalized spacial score (nSPS) is 14.0. The predicted molar refractivity (Wildman–Crippen MR) is 180 cm³/mol. The molecule has 268 valence electrons. The molecule has 0 aliphatic carbocycles. The van der Waals surface area contributed by atoms with Gasteiger partial charge in [-0.2, -0.15) is 0 Å². The number of hydrogen-bond acceptors (Lipinski definition) is 9. The highest BCUT2D eigenvalue weighted by Gasteiger charge is 2.39. The molecule has 47 heavy (non-hydrogen) atoms. The molecule has 0 saturated carbocycles. The lowest BCUT2D eigenvalue weighted by Crippen LogP contribution is -2.52. The number of carbonyl (C=O) groups is 4. The van der Waals surface area contributed by atoms with Crippen LogP contribution in [0.15, 0.2) is 30.3 Å². The zero-order chi connectivity index (χ0) is 35.6. The van der Waals surface area contributed by atoms with Crippen molar-refractivity contribution in [2.45, 2.75) is 31.0 Å². The molecule has 3 atom stereocenters. The molecule has 0 heterocycles. The van der Waals surface area contributed by atoms with Crippen molar-refractivity contribution in [1.82, 2.24) is 20.0 Å². The molecule has 0 fully saturated rings. The van der Waals surface area contributed by atoms with Crippen molar-refractivity contribution in [3.8, 4) is 0 Å². The minimum Gasteiger partial charge on any atom is -0.480 e. The highest BCUT2D eigenvalue weighted by atomic mass is 35.5. The zero-order valence-corrected chi connectivity index (χ0v) is 30.0. The summed E-state index contributed by atoms with van der Waals surface area (Å²) in [6.45, 7) is -0.327. The summed E-state index contributed by atoms with van der Waals surface area (Å²) in [5.41, 5.74) is 5.61. The van der Waals surface area contributed by atoms with Gasteiger partial charge in [-0.25, -0.2) is 22.6 Å². The number of sulfone groups is 1. The molecular formula is C26H40Cl4N5O10PS. The van der Waals surface area contributed by atoms with E-state index in [9.17, 15) is 37.3 Å². The average molecular weight is 787 g/mol. The Hall–Kier alpha value is -1.72. The number of aliphatic carboxylic acids is 2. The van der Waals surface area contributed by atoms with Crippen molar-refractivity contribution in [2.24, 2.45) is 5.73 Å². The molecule has 0 aromatic heterocycles. The second kappa shape index (κ2) is 22.1. The molecule has 21 heteroatoms. The molecule has 15 nitrogen and oxygen atoms in total. The number of carboxylic acids is 2. The highest BCUT2D eigenvalue weighted by Crippen LogP contribution is 2.54. The van der Waals surface area contributed by atoms with Crippen LogP contribution in [0.4, 0.5) is 0 Å². The van der Waals surface area contributed by atoms with E-state index in [0.29, 0.717) is 0 Å². The molecule has 2 amide bonds. The van der Waals surface area contributed by atoms with Gasteiger partial charge >= 0.3 is 19.6 Å². The van der Waals surface area contributed by atoms with Crippen LogP contribution in [0.2, 0.25) is 0 Å². The number of carbonyl (C=O) groups excluding carboxylic acids is 2. The van der Waals surface area contributed by atoms with E-state index in [2.05, 4.69) is 10.6 Å². The first-order valence-corrected chi connectivity index (χ1v) is 19.7. The lowest BCUT2D eigenvalue weighted by atomic mass is 10.1. The van der Waals surface area contributed by atoms with Crippen molar-refractivity contribution >= 4 is 87.7 Å². The van der Waals surface area contributed by atoms with Gasteiger partial charge in [-0.1, -0.05) is 30.3 Å². The van der Waals surface area contributed by atoms with Crippen LogP contribution in [0, 0.1) is 0 Å². The fraction of sp³-hybridized carbons (Fsp3) is 0.615. The lowest BCUT2D eigenvalue weighted by molar-refractivity contribution is -0.142. The number of hydrogen-bond donors (Lipinski definition) is 5. The van der Waals surface area contributed by atoms with Crippen LogP contribution in [-0.4, -0.2) is 132 Å². The van der Waals surface area contributed by atoms with Crippen molar-refractivity contribution < 1.29 is 46.9 Å². The summed E-state index contributed by atoms with van der Waals surface area (Å²) < 4.78 is 49.2. The monoisotopic (exact) mass is 785 g/mol. The van der Waals surface area contributed by atoms with E-state index in [-0.39, 0.29) is 61.7 Å². The van der Waals surface area contributed by atoms with Gasteiger partial charge in [-0.3, -0.25) is 18.9 Å². The Balaban J connectivity index is 3.26. The first-order valence-electron chi connectivity index (χ1n) is 14.2. The minimum atomic E-state index is -4.29. The maximum Gasteiger partial charge on any atom is 0.346 e. The molecule has 0 bridgehead atoms. The van der Waals surface area contributed by atoms with Gasteiger partial charge in [0.05, 0.1) is 18.1 Å². The van der Waals surface area contributed by atoms with Gasteiger partial charge in [-0.05, 0) is 12.0 Å². The smallest absolute Gasteiger partial charge is 0.346 e. The second-order valence-electron chi connectivity index (χ2n) is 9.90. The van der Waals surface area contributed by atoms with E-state index in [1.165, 1.54) is 33.6 Å². The molecule has 0 saturated heterocycles. The Labute approximate surface area is 293 Å². The maximum atomic E-state index is 14.2. The Morgan fingerprint density at radius 3 is 1.83 bits per heavy atom. The Bertz CT molecular complexity index is 1290. The van der Waals surface area contributed by atoms with Gasteiger partial charge in [-0.15, -0.1) is 46.4 Å². The van der Waals surface area contributed by atoms with Crippen molar-refractivity contribution in [3.05, 3.63) is 35.9 Å². The Kier molecular flexibility index (Phi) is 20.3. The van der Waals surface area contributed by atoms with E-state index in [1.807, 2.05) is 0 Å². The van der Waals surface area contributed by atoms with Crippen LogP contribution in [-0.2, 0) is 38.1 Å². The van der Waals surface area contributed by atoms with Gasteiger partial charge in [0.15, 0.2) is 15.9 Å². The van der Waals surface area contributed by atoms with Crippen molar-refractivity contribution in [3.63, 3.8) is 0 Å². The number of amides is 2. The van der Waals surface area contributed by atoms with Gasteiger partial charge in [0.1, 0.15) is 12.1 Å². The zero-order valence-electron chi connectivity index (χ0n) is 25.3. The summed E-state index contributed by atoms with van der Waals surface area (Å²) in [5, 5.41) is 23.2. The summed E-state index contributed by atoms with van der Waals surface area (Å²) in [6.07, 6.45) is -0.798. The van der Waals surface area contributed by atoms with Crippen LogP contribution in [0.25, 0.3) is 0 Å². The molecule has 0 spiro atoms. The Morgan fingerprint density at radius 2 is 1.38 bits per heavy atom. The number of alkyl halides is 4. The first kappa shape index (κ1) is 43.3. The highest BCUT2D eigenvalue weighted by molar-refractivity contribution is 7.91. The molecule has 1 aromatic carbocycles. The maximum absolute atomic E-state index is 14.2. The van der Waals surface area contributed by atoms with Crippen molar-refractivity contribution in [1.29, 1.82) is 0 Å².